The molecule has 0 aliphatic carbocycles. The van der Waals surface area contributed by atoms with Gasteiger partial charge in [-0.3, -0.25) is 0 Å². The lowest BCUT2D eigenvalue weighted by atomic mass is 10.3. The average Bonchev–Trinajstić information content (AvgIpc) is 2.57. The molecule has 3 rings (SSSR count). The maximum absolute atomic E-state index is 2.46. The summed E-state index contributed by atoms with van der Waals surface area (Å²) in [5.74, 6) is 0. The summed E-state index contributed by atoms with van der Waals surface area (Å²) in [6.45, 7) is 7.25. The van der Waals surface area contributed by atoms with Crippen LogP contribution in [0.4, 0.5) is 0 Å². The second kappa shape index (κ2) is 6.82. The van der Waals surface area contributed by atoms with Crippen LogP contribution in [-0.4, -0.2) is 8.07 Å². The molecule has 0 aliphatic rings. The van der Waals surface area contributed by atoms with Crippen LogP contribution in [0.15, 0.2) is 84.9 Å². The smallest absolute Gasteiger partial charge is 0.0656 e. The highest BCUT2D eigenvalue weighted by atomic mass is 31.1. The Morgan fingerprint density at radius 1 is 0.565 bits per heavy atom. The molecule has 0 aromatic heterocycles. The fraction of sp³-hybridized carbons (Fsp3) is 0.143. The Labute approximate surface area is 142 Å². The molecule has 0 atom stereocenters. The first kappa shape index (κ1) is 16.2. The molecule has 0 amide bonds. The van der Waals surface area contributed by atoms with Crippen LogP contribution in [0.1, 0.15) is 0 Å². The fourth-order valence-electron chi connectivity index (χ4n) is 2.71. The molecule has 0 radical (unpaired) electrons. The lowest BCUT2D eigenvalue weighted by molar-refractivity contribution is 1.70. The zero-order chi connectivity index (χ0) is 16.3. The summed E-state index contributed by atoms with van der Waals surface area (Å²) in [5, 5.41) is 5.83. The minimum Gasteiger partial charge on any atom is -0.0656 e. The topological polar surface area (TPSA) is 0 Å². The highest BCUT2D eigenvalue weighted by molar-refractivity contribution is 7.79. The van der Waals surface area contributed by atoms with Crippen molar-refractivity contribution in [1.82, 2.24) is 0 Å². The van der Waals surface area contributed by atoms with Crippen molar-refractivity contribution in [1.29, 1.82) is 0 Å². The van der Waals surface area contributed by atoms with Crippen molar-refractivity contribution in [2.45, 2.75) is 19.6 Å². The fourth-order valence-corrected chi connectivity index (χ4v) is 6.36. The summed E-state index contributed by atoms with van der Waals surface area (Å²) in [6, 6.07) is 31.1. The van der Waals surface area contributed by atoms with Gasteiger partial charge in [0.05, 0.1) is 8.07 Å². The van der Waals surface area contributed by atoms with Gasteiger partial charge in [-0.1, -0.05) is 110 Å². The number of rotatable bonds is 4. The Hall–Kier alpha value is -1.69. The lowest BCUT2D eigenvalue weighted by Crippen LogP contribution is -2.39. The lowest BCUT2D eigenvalue weighted by Gasteiger charge is -2.23. The van der Waals surface area contributed by atoms with Gasteiger partial charge in [0.2, 0.25) is 0 Å². The minimum absolute atomic E-state index is 0.487. The Balaban J connectivity index is 2.14. The van der Waals surface area contributed by atoms with Gasteiger partial charge in [-0.2, -0.15) is 0 Å². The standard InChI is InChI=1S/C21H23PSi/c1-23(2,3)21-16-10-15-20(17-21)22(18-11-6-4-7-12-18)19-13-8-5-9-14-19/h4-17H,1-3H3. The largest absolute Gasteiger partial charge is 0.0776 e. The van der Waals surface area contributed by atoms with Crippen LogP contribution in [0.3, 0.4) is 0 Å². The van der Waals surface area contributed by atoms with E-state index in [1.165, 1.54) is 21.1 Å². The molecular weight excluding hydrogens is 311 g/mol. The Morgan fingerprint density at radius 3 is 1.52 bits per heavy atom. The zero-order valence-corrected chi connectivity index (χ0v) is 15.9. The van der Waals surface area contributed by atoms with Gasteiger partial charge in [0.1, 0.15) is 0 Å². The van der Waals surface area contributed by atoms with Crippen LogP contribution in [-0.2, 0) is 0 Å². The van der Waals surface area contributed by atoms with Gasteiger partial charge in [0.25, 0.3) is 0 Å². The van der Waals surface area contributed by atoms with Crippen LogP contribution in [0.5, 0.6) is 0 Å². The van der Waals surface area contributed by atoms with E-state index in [4.69, 9.17) is 0 Å². The van der Waals surface area contributed by atoms with Gasteiger partial charge in [-0.05, 0) is 23.8 Å². The monoisotopic (exact) mass is 334 g/mol. The molecular formula is C21H23PSi. The molecule has 0 fully saturated rings. The van der Waals surface area contributed by atoms with E-state index >= 15 is 0 Å². The molecule has 23 heavy (non-hydrogen) atoms. The third-order valence-corrected chi connectivity index (χ3v) is 8.47. The van der Waals surface area contributed by atoms with E-state index in [-0.39, 0.29) is 0 Å². The molecule has 0 bridgehead atoms. The summed E-state index contributed by atoms with van der Waals surface area (Å²) in [7, 11) is -1.79. The van der Waals surface area contributed by atoms with E-state index in [0.29, 0.717) is 0 Å². The first-order valence-corrected chi connectivity index (χ1v) is 12.9. The van der Waals surface area contributed by atoms with E-state index < -0.39 is 16.0 Å². The van der Waals surface area contributed by atoms with E-state index in [2.05, 4.69) is 105 Å². The highest BCUT2D eigenvalue weighted by Crippen LogP contribution is 2.32. The van der Waals surface area contributed by atoms with Gasteiger partial charge in [-0.15, -0.1) is 0 Å². The van der Waals surface area contributed by atoms with E-state index in [0.717, 1.165) is 0 Å². The first-order valence-electron chi connectivity index (χ1n) is 8.06. The summed E-state index contributed by atoms with van der Waals surface area (Å²) >= 11 is 0. The van der Waals surface area contributed by atoms with E-state index in [1.807, 2.05) is 0 Å². The molecule has 0 nitrogen and oxygen atoms in total. The van der Waals surface area contributed by atoms with Crippen LogP contribution < -0.4 is 21.1 Å². The second-order valence-corrected chi connectivity index (χ2v) is 14.1. The van der Waals surface area contributed by atoms with Crippen LogP contribution in [0.2, 0.25) is 19.6 Å². The Kier molecular flexibility index (Phi) is 4.80. The van der Waals surface area contributed by atoms with Crippen molar-refractivity contribution in [2.75, 3.05) is 0 Å². The minimum atomic E-state index is -1.30. The maximum Gasteiger partial charge on any atom is 0.0776 e. The summed E-state index contributed by atoms with van der Waals surface area (Å²) in [4.78, 5) is 0. The van der Waals surface area contributed by atoms with Crippen molar-refractivity contribution in [3.05, 3.63) is 84.9 Å². The predicted octanol–water partition coefficient (Wildman–Crippen LogP) is 3.99. The molecule has 3 aromatic carbocycles. The van der Waals surface area contributed by atoms with Gasteiger partial charge >= 0.3 is 0 Å². The molecule has 0 unspecified atom stereocenters. The molecule has 2 heteroatoms. The van der Waals surface area contributed by atoms with Crippen molar-refractivity contribution >= 4 is 37.1 Å². The average molecular weight is 334 g/mol. The van der Waals surface area contributed by atoms with Gasteiger partial charge in [-0.25, -0.2) is 0 Å². The van der Waals surface area contributed by atoms with E-state index in [9.17, 15) is 0 Å². The number of benzene rings is 3. The summed E-state index contributed by atoms with van der Waals surface area (Å²) in [5.41, 5.74) is 0. The third kappa shape index (κ3) is 3.80. The van der Waals surface area contributed by atoms with Crippen molar-refractivity contribution in [3.63, 3.8) is 0 Å². The molecule has 0 saturated carbocycles. The molecule has 0 N–H and O–H groups in total. The van der Waals surface area contributed by atoms with Crippen LogP contribution in [0.25, 0.3) is 0 Å². The Morgan fingerprint density at radius 2 is 1.04 bits per heavy atom. The molecule has 116 valence electrons. The molecule has 0 heterocycles. The molecule has 0 saturated heterocycles. The van der Waals surface area contributed by atoms with Crippen molar-refractivity contribution < 1.29 is 0 Å². The maximum atomic E-state index is 2.46. The van der Waals surface area contributed by atoms with Gasteiger partial charge < -0.3 is 0 Å². The number of hydrogen-bond acceptors (Lipinski definition) is 0. The summed E-state index contributed by atoms with van der Waals surface area (Å²) in [6.07, 6.45) is 0. The first-order chi connectivity index (χ1) is 11.1. The Bertz CT molecular complexity index is 721. The molecule has 0 spiro atoms. The van der Waals surface area contributed by atoms with Crippen molar-refractivity contribution in [3.8, 4) is 0 Å². The highest BCUT2D eigenvalue weighted by Gasteiger charge is 2.20. The zero-order valence-electron chi connectivity index (χ0n) is 14.0. The van der Waals surface area contributed by atoms with Gasteiger partial charge in [0, 0.05) is 0 Å². The van der Waals surface area contributed by atoms with Crippen LogP contribution in [0, 0.1) is 0 Å². The predicted molar refractivity (Wildman–Crippen MR) is 108 cm³/mol. The van der Waals surface area contributed by atoms with E-state index in [1.54, 1.807) is 0 Å². The van der Waals surface area contributed by atoms with Crippen molar-refractivity contribution in [2.24, 2.45) is 0 Å². The number of hydrogen-bond donors (Lipinski definition) is 0. The second-order valence-electron chi connectivity index (χ2n) is 6.81. The normalized spacial score (nSPS) is 11.7. The molecule has 0 aliphatic heterocycles. The third-order valence-electron chi connectivity index (χ3n) is 4.00. The summed E-state index contributed by atoms with van der Waals surface area (Å²) < 4.78 is 0. The quantitative estimate of drug-likeness (QED) is 0.500. The SMILES string of the molecule is C[Si](C)(C)c1cccc(P(c2ccccc2)c2ccccc2)c1. The molecule has 3 aromatic rings. The van der Waals surface area contributed by atoms with Gasteiger partial charge in [0.15, 0.2) is 0 Å². The van der Waals surface area contributed by atoms with Crippen LogP contribution >= 0.6 is 7.92 Å².